The molecule has 5 heteroatoms. The largest absolute Gasteiger partial charge is 0.294 e. The van der Waals surface area contributed by atoms with E-state index in [1.807, 2.05) is 23.6 Å². The van der Waals surface area contributed by atoms with Gasteiger partial charge in [0.1, 0.15) is 0 Å². The second-order valence-corrected chi connectivity index (χ2v) is 5.03. The van der Waals surface area contributed by atoms with Gasteiger partial charge in [-0.1, -0.05) is 34.3 Å². The van der Waals surface area contributed by atoms with Crippen molar-refractivity contribution in [2.45, 2.75) is 19.5 Å². The molecule has 0 bridgehead atoms. The summed E-state index contributed by atoms with van der Waals surface area (Å²) in [5, 5.41) is 6.83. The molecule has 2 aromatic rings. The summed E-state index contributed by atoms with van der Waals surface area (Å²) in [4.78, 5) is 2.21. The number of aromatic nitrogens is 2. The number of hydrogen-bond donors (Lipinski definition) is 0. The summed E-state index contributed by atoms with van der Waals surface area (Å²) < 4.78 is 3.86. The quantitative estimate of drug-likeness (QED) is 0.850. The molecular formula is C12H14ClN3S. The van der Waals surface area contributed by atoms with E-state index in [-0.39, 0.29) is 6.04 Å². The van der Waals surface area contributed by atoms with Crippen LogP contribution in [0.1, 0.15) is 24.2 Å². The molecule has 0 aliphatic carbocycles. The third kappa shape index (κ3) is 3.03. The van der Waals surface area contributed by atoms with E-state index in [0.717, 1.165) is 22.8 Å². The van der Waals surface area contributed by atoms with Crippen LogP contribution in [0.4, 0.5) is 0 Å². The highest BCUT2D eigenvalue weighted by Gasteiger charge is 2.15. The second-order valence-electron chi connectivity index (χ2n) is 4.01. The Morgan fingerprint density at radius 3 is 2.82 bits per heavy atom. The molecule has 0 spiro atoms. The molecule has 3 nitrogen and oxygen atoms in total. The minimum atomic E-state index is 0.255. The number of halogens is 1. The van der Waals surface area contributed by atoms with Gasteiger partial charge in [0.25, 0.3) is 0 Å². The predicted octanol–water partition coefficient (Wildman–Crippen LogP) is 3.38. The average molecular weight is 268 g/mol. The first-order chi connectivity index (χ1) is 8.18. The minimum Gasteiger partial charge on any atom is -0.294 e. The molecular weight excluding hydrogens is 254 g/mol. The van der Waals surface area contributed by atoms with Crippen LogP contribution in [-0.2, 0) is 6.54 Å². The van der Waals surface area contributed by atoms with Crippen molar-refractivity contribution in [2.24, 2.45) is 0 Å². The molecule has 0 N–H and O–H groups in total. The molecule has 2 rings (SSSR count). The highest BCUT2D eigenvalue weighted by atomic mass is 35.5. The van der Waals surface area contributed by atoms with Gasteiger partial charge >= 0.3 is 0 Å². The lowest BCUT2D eigenvalue weighted by Gasteiger charge is -2.24. The zero-order valence-electron chi connectivity index (χ0n) is 9.80. The molecule has 0 radical (unpaired) electrons. The Balaban J connectivity index is 2.09. The zero-order valence-corrected chi connectivity index (χ0v) is 11.4. The third-order valence-corrected chi connectivity index (χ3v) is 3.73. The molecule has 0 amide bonds. The molecule has 1 aromatic carbocycles. The third-order valence-electron chi connectivity index (χ3n) is 2.83. The van der Waals surface area contributed by atoms with Crippen LogP contribution in [0.5, 0.6) is 0 Å². The monoisotopic (exact) mass is 267 g/mol. The van der Waals surface area contributed by atoms with Crippen molar-refractivity contribution in [3.8, 4) is 0 Å². The van der Waals surface area contributed by atoms with Gasteiger partial charge in [0.15, 0.2) is 0 Å². The van der Waals surface area contributed by atoms with Crippen LogP contribution in [0.15, 0.2) is 29.6 Å². The Bertz CT molecular complexity index is 472. The van der Waals surface area contributed by atoms with E-state index in [4.69, 9.17) is 11.6 Å². The fraction of sp³-hybridized carbons (Fsp3) is 0.333. The van der Waals surface area contributed by atoms with Gasteiger partial charge < -0.3 is 0 Å². The van der Waals surface area contributed by atoms with Crippen LogP contribution in [0.3, 0.4) is 0 Å². The van der Waals surface area contributed by atoms with Gasteiger partial charge in [-0.05, 0) is 37.1 Å². The number of nitrogens with zero attached hydrogens (tertiary/aromatic N) is 3. The normalized spacial score (nSPS) is 12.9. The van der Waals surface area contributed by atoms with Gasteiger partial charge in [-0.3, -0.25) is 4.90 Å². The summed E-state index contributed by atoms with van der Waals surface area (Å²) in [6.45, 7) is 2.92. The van der Waals surface area contributed by atoms with Gasteiger partial charge in [-0.15, -0.1) is 5.10 Å². The Morgan fingerprint density at radius 2 is 2.18 bits per heavy atom. The van der Waals surface area contributed by atoms with Crippen LogP contribution in [0.25, 0.3) is 0 Å². The maximum atomic E-state index is 6.19. The van der Waals surface area contributed by atoms with Crippen LogP contribution in [0.2, 0.25) is 5.02 Å². The highest BCUT2D eigenvalue weighted by molar-refractivity contribution is 7.03. The fourth-order valence-corrected chi connectivity index (χ4v) is 2.43. The van der Waals surface area contributed by atoms with Gasteiger partial charge in [0.05, 0.1) is 5.69 Å². The summed E-state index contributed by atoms with van der Waals surface area (Å²) >= 11 is 7.57. The van der Waals surface area contributed by atoms with Crippen molar-refractivity contribution in [3.05, 3.63) is 45.9 Å². The van der Waals surface area contributed by atoms with E-state index in [1.54, 1.807) is 0 Å². The standard InChI is InChI=1S/C12H14ClN3S/c1-9(11-5-3-4-6-12(11)13)16(2)7-10-8-17-15-14-10/h3-6,8-9H,7H2,1-2H3. The van der Waals surface area contributed by atoms with E-state index < -0.39 is 0 Å². The van der Waals surface area contributed by atoms with Crippen molar-refractivity contribution in [1.29, 1.82) is 0 Å². The Morgan fingerprint density at radius 1 is 1.41 bits per heavy atom. The van der Waals surface area contributed by atoms with Crippen molar-refractivity contribution in [3.63, 3.8) is 0 Å². The van der Waals surface area contributed by atoms with Gasteiger partial charge in [-0.25, -0.2) is 0 Å². The fourth-order valence-electron chi connectivity index (χ4n) is 1.70. The lowest BCUT2D eigenvalue weighted by molar-refractivity contribution is 0.250. The van der Waals surface area contributed by atoms with Crippen molar-refractivity contribution >= 4 is 23.1 Å². The zero-order chi connectivity index (χ0) is 12.3. The van der Waals surface area contributed by atoms with E-state index in [0.29, 0.717) is 0 Å². The first-order valence-corrected chi connectivity index (χ1v) is 6.60. The second kappa shape index (κ2) is 5.58. The summed E-state index contributed by atoms with van der Waals surface area (Å²) in [5.41, 5.74) is 2.14. The maximum Gasteiger partial charge on any atom is 0.0895 e. The number of hydrogen-bond acceptors (Lipinski definition) is 4. The molecule has 0 fully saturated rings. The topological polar surface area (TPSA) is 29.0 Å². The van der Waals surface area contributed by atoms with Crippen molar-refractivity contribution in [1.82, 2.24) is 14.5 Å². The molecule has 1 aromatic heterocycles. The summed E-state index contributed by atoms with van der Waals surface area (Å²) in [5.74, 6) is 0. The lowest BCUT2D eigenvalue weighted by Crippen LogP contribution is -2.22. The summed E-state index contributed by atoms with van der Waals surface area (Å²) in [6.07, 6.45) is 0. The average Bonchev–Trinajstić information content (AvgIpc) is 2.81. The van der Waals surface area contributed by atoms with Gasteiger partial charge in [0.2, 0.25) is 0 Å². The number of rotatable bonds is 4. The SMILES string of the molecule is CC(c1ccccc1Cl)N(C)Cc1csnn1. The molecule has 0 aliphatic heterocycles. The Hall–Kier alpha value is -0.970. The first kappa shape index (κ1) is 12.5. The molecule has 17 heavy (non-hydrogen) atoms. The van der Waals surface area contributed by atoms with E-state index >= 15 is 0 Å². The predicted molar refractivity (Wildman–Crippen MR) is 71.2 cm³/mol. The molecule has 0 aliphatic rings. The highest BCUT2D eigenvalue weighted by Crippen LogP contribution is 2.26. The molecule has 1 unspecified atom stereocenters. The van der Waals surface area contributed by atoms with Gasteiger partial charge in [0, 0.05) is 23.0 Å². The summed E-state index contributed by atoms with van der Waals surface area (Å²) in [6, 6.07) is 8.19. The first-order valence-electron chi connectivity index (χ1n) is 5.39. The molecule has 1 heterocycles. The molecule has 0 saturated carbocycles. The molecule has 1 atom stereocenters. The Labute approximate surface area is 110 Å². The van der Waals surface area contributed by atoms with Crippen LogP contribution >= 0.6 is 23.1 Å². The van der Waals surface area contributed by atoms with Crippen LogP contribution in [-0.4, -0.2) is 21.5 Å². The lowest BCUT2D eigenvalue weighted by atomic mass is 10.1. The van der Waals surface area contributed by atoms with Crippen LogP contribution in [0, 0.1) is 0 Å². The van der Waals surface area contributed by atoms with Crippen LogP contribution < -0.4 is 0 Å². The smallest absolute Gasteiger partial charge is 0.0895 e. The van der Waals surface area contributed by atoms with Gasteiger partial charge in [-0.2, -0.15) is 0 Å². The van der Waals surface area contributed by atoms with Crippen molar-refractivity contribution in [2.75, 3.05) is 7.05 Å². The van der Waals surface area contributed by atoms with E-state index in [2.05, 4.69) is 34.5 Å². The maximum absolute atomic E-state index is 6.19. The van der Waals surface area contributed by atoms with E-state index in [9.17, 15) is 0 Å². The Kier molecular flexibility index (Phi) is 4.10. The molecule has 0 saturated heterocycles. The number of benzene rings is 1. The summed E-state index contributed by atoms with van der Waals surface area (Å²) in [7, 11) is 2.06. The molecule has 90 valence electrons. The minimum absolute atomic E-state index is 0.255. The van der Waals surface area contributed by atoms with E-state index in [1.165, 1.54) is 11.5 Å². The van der Waals surface area contributed by atoms with Crippen molar-refractivity contribution < 1.29 is 0 Å².